The number of phosphoric ester groups is 1. The number of nitrogens with zero attached hydrogens (tertiary/aromatic N) is 1. The molecule has 0 saturated heterocycles. The Balaban J connectivity index is 4.35. The van der Waals surface area contributed by atoms with Crippen LogP contribution in [0.5, 0.6) is 0 Å². The van der Waals surface area contributed by atoms with Crippen molar-refractivity contribution in [2.75, 3.05) is 47.5 Å². The van der Waals surface area contributed by atoms with Crippen molar-refractivity contribution >= 4 is 19.8 Å². The van der Waals surface area contributed by atoms with Gasteiger partial charge in [-0.3, -0.25) is 14.2 Å². The summed E-state index contributed by atoms with van der Waals surface area (Å²) in [5.41, 5.74) is 0. The molecule has 57 heavy (non-hydrogen) atoms. The molecule has 0 fully saturated rings. The SMILES string of the molecule is CCCC/C=C\C/C=C\CCCCCCCC(=O)OC[C@H](COP(=O)([O-])OCC[N+](C)(C)C)OC(=O)CCCCCCCCCCC/C=C\C/C=C\CCCCC. The molecule has 332 valence electrons. The van der Waals surface area contributed by atoms with Gasteiger partial charge in [0, 0.05) is 12.8 Å². The van der Waals surface area contributed by atoms with Crippen LogP contribution in [0.15, 0.2) is 48.6 Å². The number of hydrogen-bond acceptors (Lipinski definition) is 8. The monoisotopic (exact) mass is 824 g/mol. The van der Waals surface area contributed by atoms with Crippen LogP contribution in [0.25, 0.3) is 0 Å². The first kappa shape index (κ1) is 55.0. The second-order valence-corrected chi connectivity index (χ2v) is 17.8. The molecule has 0 aliphatic carbocycles. The molecular weight excluding hydrogens is 737 g/mol. The smallest absolute Gasteiger partial charge is 0.306 e. The van der Waals surface area contributed by atoms with Gasteiger partial charge in [0.25, 0.3) is 7.82 Å². The molecule has 0 rings (SSSR count). The number of rotatable bonds is 41. The average Bonchev–Trinajstić information content (AvgIpc) is 3.16. The normalized spacial score (nSPS) is 14.0. The van der Waals surface area contributed by atoms with E-state index in [0.29, 0.717) is 23.9 Å². The maximum absolute atomic E-state index is 12.7. The average molecular weight is 824 g/mol. The summed E-state index contributed by atoms with van der Waals surface area (Å²) in [5, 5.41) is 0. The topological polar surface area (TPSA) is 111 Å². The van der Waals surface area contributed by atoms with Crippen molar-refractivity contribution < 1.29 is 42.1 Å². The van der Waals surface area contributed by atoms with Crippen LogP contribution in [-0.2, 0) is 32.7 Å². The largest absolute Gasteiger partial charge is 0.756 e. The Labute approximate surface area is 350 Å². The third-order valence-corrected chi connectivity index (χ3v) is 10.5. The van der Waals surface area contributed by atoms with Crippen LogP contribution in [0.4, 0.5) is 0 Å². The number of allylic oxidation sites excluding steroid dienone is 8. The Bertz CT molecular complexity index is 1110. The molecule has 0 bridgehead atoms. The van der Waals surface area contributed by atoms with Crippen LogP contribution in [0.3, 0.4) is 0 Å². The van der Waals surface area contributed by atoms with E-state index in [1.807, 2.05) is 21.1 Å². The van der Waals surface area contributed by atoms with Gasteiger partial charge in [0.05, 0.1) is 27.7 Å². The quantitative estimate of drug-likeness (QED) is 0.0197. The van der Waals surface area contributed by atoms with Crippen LogP contribution in [0.2, 0.25) is 0 Å². The van der Waals surface area contributed by atoms with Crippen LogP contribution in [0.1, 0.15) is 187 Å². The van der Waals surface area contributed by atoms with Crippen molar-refractivity contribution in [3.63, 3.8) is 0 Å². The highest BCUT2D eigenvalue weighted by molar-refractivity contribution is 7.45. The molecule has 0 aliphatic rings. The Kier molecular flexibility index (Phi) is 38.0. The molecule has 0 aromatic rings. The van der Waals surface area contributed by atoms with E-state index < -0.39 is 32.5 Å². The Hall–Kier alpha value is -2.03. The summed E-state index contributed by atoms with van der Waals surface area (Å²) in [6.45, 7) is 4.14. The predicted octanol–water partition coefficient (Wildman–Crippen LogP) is 12.4. The van der Waals surface area contributed by atoms with E-state index in [1.165, 1.54) is 70.6 Å². The van der Waals surface area contributed by atoms with Gasteiger partial charge in [0.15, 0.2) is 6.10 Å². The van der Waals surface area contributed by atoms with Gasteiger partial charge in [-0.25, -0.2) is 0 Å². The maximum Gasteiger partial charge on any atom is 0.306 e. The van der Waals surface area contributed by atoms with Gasteiger partial charge in [0.2, 0.25) is 0 Å². The van der Waals surface area contributed by atoms with E-state index in [9.17, 15) is 19.0 Å². The van der Waals surface area contributed by atoms with Gasteiger partial charge < -0.3 is 27.9 Å². The highest BCUT2D eigenvalue weighted by Gasteiger charge is 2.21. The van der Waals surface area contributed by atoms with Crippen molar-refractivity contribution in [1.82, 2.24) is 0 Å². The third kappa shape index (κ3) is 43.4. The van der Waals surface area contributed by atoms with E-state index in [-0.39, 0.29) is 26.1 Å². The van der Waals surface area contributed by atoms with Gasteiger partial charge in [0.1, 0.15) is 19.8 Å². The molecule has 10 heteroatoms. The molecule has 0 amide bonds. The van der Waals surface area contributed by atoms with Gasteiger partial charge >= 0.3 is 11.9 Å². The maximum atomic E-state index is 12.7. The van der Waals surface area contributed by atoms with Crippen molar-refractivity contribution in [2.45, 2.75) is 193 Å². The zero-order valence-electron chi connectivity index (χ0n) is 37.3. The number of ether oxygens (including phenoxy) is 2. The summed E-state index contributed by atoms with van der Waals surface area (Å²) >= 11 is 0. The van der Waals surface area contributed by atoms with Crippen LogP contribution in [0, 0.1) is 0 Å². The molecule has 0 aromatic carbocycles. The highest BCUT2D eigenvalue weighted by Crippen LogP contribution is 2.38. The number of likely N-dealkylation sites (N-methyl/N-ethyl adjacent to an activating group) is 1. The molecule has 2 atom stereocenters. The zero-order valence-corrected chi connectivity index (χ0v) is 38.2. The summed E-state index contributed by atoms with van der Waals surface area (Å²) in [6, 6.07) is 0. The number of carbonyl (C=O) groups is 2. The van der Waals surface area contributed by atoms with Gasteiger partial charge in [-0.1, -0.05) is 152 Å². The summed E-state index contributed by atoms with van der Waals surface area (Å²) in [6.07, 6.45) is 45.6. The predicted molar refractivity (Wildman–Crippen MR) is 236 cm³/mol. The molecule has 1 unspecified atom stereocenters. The molecule has 0 aromatic heterocycles. The lowest BCUT2D eigenvalue weighted by molar-refractivity contribution is -0.870. The molecule has 9 nitrogen and oxygen atoms in total. The minimum absolute atomic E-state index is 0.0353. The second-order valence-electron chi connectivity index (χ2n) is 16.4. The number of phosphoric acid groups is 1. The number of hydrogen-bond donors (Lipinski definition) is 0. The van der Waals surface area contributed by atoms with Crippen molar-refractivity contribution in [3.05, 3.63) is 48.6 Å². The summed E-state index contributed by atoms with van der Waals surface area (Å²) < 4.78 is 33.9. The lowest BCUT2D eigenvalue weighted by Gasteiger charge is -2.28. The van der Waals surface area contributed by atoms with Crippen LogP contribution < -0.4 is 4.89 Å². The molecule has 0 aliphatic heterocycles. The van der Waals surface area contributed by atoms with Gasteiger partial charge in [-0.2, -0.15) is 0 Å². The van der Waals surface area contributed by atoms with E-state index in [4.69, 9.17) is 18.5 Å². The van der Waals surface area contributed by atoms with E-state index >= 15 is 0 Å². The fraction of sp³-hybridized carbons (Fsp3) is 0.787. The van der Waals surface area contributed by atoms with Gasteiger partial charge in [-0.15, -0.1) is 0 Å². The molecule has 0 N–H and O–H groups in total. The minimum atomic E-state index is -4.63. The van der Waals surface area contributed by atoms with E-state index in [2.05, 4.69) is 62.5 Å². The van der Waals surface area contributed by atoms with Gasteiger partial charge in [-0.05, 0) is 70.6 Å². The molecule has 0 radical (unpaired) electrons. The van der Waals surface area contributed by atoms with Crippen molar-refractivity contribution in [3.8, 4) is 0 Å². The lowest BCUT2D eigenvalue weighted by atomic mass is 10.1. The van der Waals surface area contributed by atoms with Crippen LogP contribution >= 0.6 is 7.82 Å². The fourth-order valence-corrected chi connectivity index (χ4v) is 6.66. The third-order valence-electron chi connectivity index (χ3n) is 9.57. The zero-order chi connectivity index (χ0) is 42.1. The Morgan fingerprint density at radius 2 is 0.965 bits per heavy atom. The number of quaternary nitrogens is 1. The number of unbranched alkanes of at least 4 members (excludes halogenated alkanes) is 19. The molecule has 0 spiro atoms. The minimum Gasteiger partial charge on any atom is -0.756 e. The number of carbonyl (C=O) groups excluding carboxylic acids is 2. The Morgan fingerprint density at radius 3 is 1.44 bits per heavy atom. The fourth-order valence-electron chi connectivity index (χ4n) is 5.94. The molecule has 0 saturated carbocycles. The van der Waals surface area contributed by atoms with Crippen molar-refractivity contribution in [2.24, 2.45) is 0 Å². The molecular formula is C47H86NO8P. The first-order valence-electron chi connectivity index (χ1n) is 22.8. The second kappa shape index (κ2) is 39.4. The summed E-state index contributed by atoms with van der Waals surface area (Å²) in [7, 11) is 1.15. The highest BCUT2D eigenvalue weighted by atomic mass is 31.2. The first-order chi connectivity index (χ1) is 27.5. The lowest BCUT2D eigenvalue weighted by Crippen LogP contribution is -2.37. The van der Waals surface area contributed by atoms with Crippen LogP contribution in [-0.4, -0.2) is 70.0 Å². The standard InChI is InChI=1S/C47H86NO8P/c1-6-8-10-12-14-16-18-20-22-23-24-25-26-28-30-32-34-36-38-40-47(50)56-45(44-55-57(51,52)54-42-41-48(3,4)5)43-53-46(49)39-37-35-33-31-29-27-21-19-17-15-13-11-9-7-2/h13-16,19-22,45H,6-12,17-18,23-44H2,1-5H3/b15-13-,16-14-,21-19-,22-20-/t45-/m1/s1. The summed E-state index contributed by atoms with van der Waals surface area (Å²) in [5.74, 6) is -0.856. The first-order valence-corrected chi connectivity index (χ1v) is 24.3. The molecule has 0 heterocycles. The van der Waals surface area contributed by atoms with E-state index in [0.717, 1.165) is 77.0 Å². The number of esters is 2. The Morgan fingerprint density at radius 1 is 0.544 bits per heavy atom. The van der Waals surface area contributed by atoms with Crippen molar-refractivity contribution in [1.29, 1.82) is 0 Å². The van der Waals surface area contributed by atoms with E-state index in [1.54, 1.807) is 0 Å². The summed E-state index contributed by atoms with van der Waals surface area (Å²) in [4.78, 5) is 37.6.